The van der Waals surface area contributed by atoms with E-state index in [1.54, 1.807) is 13.0 Å². The van der Waals surface area contributed by atoms with Gasteiger partial charge in [-0.05, 0) is 57.0 Å². The molecule has 112 valence electrons. The van der Waals surface area contributed by atoms with Crippen molar-refractivity contribution in [2.75, 3.05) is 14.1 Å². The fraction of sp³-hybridized carbons (Fsp3) is 0.647. The Bertz CT molecular complexity index is 472. The van der Waals surface area contributed by atoms with Crippen LogP contribution in [0.1, 0.15) is 49.8 Å². The van der Waals surface area contributed by atoms with Crippen molar-refractivity contribution in [1.82, 2.24) is 4.90 Å². The summed E-state index contributed by atoms with van der Waals surface area (Å²) in [4.78, 5) is 2.28. The Kier molecular flexibility index (Phi) is 4.50. The van der Waals surface area contributed by atoms with Gasteiger partial charge in [0.15, 0.2) is 0 Å². The standard InChI is InChI=1S/C17H27FN2/c1-12-6-5-9-17(11-12,20(3)4)16(19)14-7-8-15(18)13(2)10-14/h7-8,10,12,16H,5-6,9,11,19H2,1-4H3. The van der Waals surface area contributed by atoms with Gasteiger partial charge < -0.3 is 10.6 Å². The van der Waals surface area contributed by atoms with Gasteiger partial charge >= 0.3 is 0 Å². The van der Waals surface area contributed by atoms with Crippen LogP contribution in [0, 0.1) is 18.7 Å². The molecule has 1 aromatic rings. The zero-order valence-electron chi connectivity index (χ0n) is 13.1. The summed E-state index contributed by atoms with van der Waals surface area (Å²) in [6.07, 6.45) is 4.72. The molecule has 0 heterocycles. The minimum absolute atomic E-state index is 0.0120. The van der Waals surface area contributed by atoms with Crippen molar-refractivity contribution in [2.45, 2.75) is 51.1 Å². The summed E-state index contributed by atoms with van der Waals surface area (Å²) in [5.41, 5.74) is 8.34. The molecule has 2 rings (SSSR count). The van der Waals surface area contributed by atoms with Gasteiger partial charge in [-0.2, -0.15) is 0 Å². The van der Waals surface area contributed by atoms with Gasteiger partial charge in [-0.1, -0.05) is 31.9 Å². The Morgan fingerprint density at radius 2 is 2.10 bits per heavy atom. The van der Waals surface area contributed by atoms with Crippen molar-refractivity contribution in [3.05, 3.63) is 35.1 Å². The first-order valence-electron chi connectivity index (χ1n) is 7.56. The number of nitrogens with zero attached hydrogens (tertiary/aromatic N) is 1. The van der Waals surface area contributed by atoms with E-state index in [2.05, 4.69) is 25.9 Å². The van der Waals surface area contributed by atoms with Crippen molar-refractivity contribution in [1.29, 1.82) is 0 Å². The number of hydrogen-bond donors (Lipinski definition) is 1. The first kappa shape index (κ1) is 15.5. The highest BCUT2D eigenvalue weighted by molar-refractivity contribution is 5.29. The highest BCUT2D eigenvalue weighted by Gasteiger charge is 2.42. The molecule has 20 heavy (non-hydrogen) atoms. The van der Waals surface area contributed by atoms with E-state index in [1.165, 1.54) is 12.8 Å². The average molecular weight is 278 g/mol. The third-order valence-electron chi connectivity index (χ3n) is 5.02. The largest absolute Gasteiger partial charge is 0.322 e. The molecule has 0 saturated heterocycles. The third-order valence-corrected chi connectivity index (χ3v) is 5.02. The molecule has 0 spiro atoms. The molecule has 1 aliphatic rings. The maximum Gasteiger partial charge on any atom is 0.126 e. The van der Waals surface area contributed by atoms with Crippen molar-refractivity contribution < 1.29 is 4.39 Å². The van der Waals surface area contributed by atoms with Crippen LogP contribution >= 0.6 is 0 Å². The fourth-order valence-electron chi connectivity index (χ4n) is 3.70. The van der Waals surface area contributed by atoms with Crippen molar-refractivity contribution in [3.63, 3.8) is 0 Å². The van der Waals surface area contributed by atoms with Gasteiger partial charge in [0.1, 0.15) is 5.82 Å². The molecule has 1 aliphatic carbocycles. The van der Waals surface area contributed by atoms with Crippen LogP contribution in [-0.2, 0) is 0 Å². The van der Waals surface area contributed by atoms with Crippen LogP contribution in [0.5, 0.6) is 0 Å². The molecule has 2 N–H and O–H groups in total. The molecular weight excluding hydrogens is 251 g/mol. The van der Waals surface area contributed by atoms with Gasteiger partial charge in [0.2, 0.25) is 0 Å². The van der Waals surface area contributed by atoms with E-state index in [4.69, 9.17) is 5.73 Å². The quantitative estimate of drug-likeness (QED) is 0.914. The predicted octanol–water partition coefficient (Wildman–Crippen LogP) is 3.64. The summed E-state index contributed by atoms with van der Waals surface area (Å²) in [6, 6.07) is 5.22. The molecule has 3 unspecified atom stereocenters. The van der Waals surface area contributed by atoms with E-state index < -0.39 is 0 Å². The van der Waals surface area contributed by atoms with Gasteiger partial charge in [-0.15, -0.1) is 0 Å². The van der Waals surface area contributed by atoms with Crippen LogP contribution < -0.4 is 5.73 Å². The molecule has 3 heteroatoms. The fourth-order valence-corrected chi connectivity index (χ4v) is 3.70. The third kappa shape index (κ3) is 2.75. The molecule has 0 radical (unpaired) electrons. The van der Waals surface area contributed by atoms with Crippen molar-refractivity contribution in [2.24, 2.45) is 11.7 Å². The number of likely N-dealkylation sites (N-methyl/N-ethyl adjacent to an activating group) is 1. The average Bonchev–Trinajstić information content (AvgIpc) is 2.40. The highest BCUT2D eigenvalue weighted by Crippen LogP contribution is 2.43. The van der Waals surface area contributed by atoms with Gasteiger partial charge in [-0.25, -0.2) is 4.39 Å². The van der Waals surface area contributed by atoms with Crippen LogP contribution in [0.25, 0.3) is 0 Å². The maximum atomic E-state index is 13.5. The molecule has 1 saturated carbocycles. The van der Waals surface area contributed by atoms with Crippen LogP contribution in [0.2, 0.25) is 0 Å². The second-order valence-electron chi connectivity index (χ2n) is 6.69. The first-order chi connectivity index (χ1) is 9.36. The van der Waals surface area contributed by atoms with Crippen LogP contribution in [0.15, 0.2) is 18.2 Å². The van der Waals surface area contributed by atoms with Crippen LogP contribution in [0.3, 0.4) is 0 Å². The van der Waals surface area contributed by atoms with Gasteiger partial charge in [0.25, 0.3) is 0 Å². The topological polar surface area (TPSA) is 29.3 Å². The Labute approximate surface area is 122 Å². The van der Waals surface area contributed by atoms with E-state index in [1.807, 2.05) is 12.1 Å². The molecular formula is C17H27FN2. The molecule has 2 nitrogen and oxygen atoms in total. The van der Waals surface area contributed by atoms with Gasteiger partial charge in [-0.3, -0.25) is 0 Å². The summed E-state index contributed by atoms with van der Waals surface area (Å²) in [5.74, 6) is 0.538. The molecule has 0 bridgehead atoms. The van der Waals surface area contributed by atoms with Crippen molar-refractivity contribution in [3.8, 4) is 0 Å². The van der Waals surface area contributed by atoms with Crippen molar-refractivity contribution >= 4 is 0 Å². The lowest BCUT2D eigenvalue weighted by atomic mass is 9.70. The van der Waals surface area contributed by atoms with Gasteiger partial charge in [0.05, 0.1) is 0 Å². The Morgan fingerprint density at radius 3 is 2.65 bits per heavy atom. The molecule has 1 aromatic carbocycles. The number of benzene rings is 1. The predicted molar refractivity (Wildman–Crippen MR) is 82.1 cm³/mol. The van der Waals surface area contributed by atoms with E-state index in [0.29, 0.717) is 11.5 Å². The maximum absolute atomic E-state index is 13.5. The smallest absolute Gasteiger partial charge is 0.126 e. The number of nitrogens with two attached hydrogens (primary N) is 1. The molecule has 0 amide bonds. The summed E-state index contributed by atoms with van der Waals surface area (Å²) in [5, 5.41) is 0. The first-order valence-corrected chi connectivity index (χ1v) is 7.56. The number of aryl methyl sites for hydroxylation is 1. The van der Waals surface area contributed by atoms with E-state index in [0.717, 1.165) is 18.4 Å². The lowest BCUT2D eigenvalue weighted by Gasteiger charge is -2.49. The monoisotopic (exact) mass is 278 g/mol. The zero-order chi connectivity index (χ0) is 14.9. The Balaban J connectivity index is 2.35. The zero-order valence-corrected chi connectivity index (χ0v) is 13.1. The lowest BCUT2D eigenvalue weighted by Crippen LogP contribution is -2.54. The Morgan fingerprint density at radius 1 is 1.40 bits per heavy atom. The van der Waals surface area contributed by atoms with Gasteiger partial charge in [0, 0.05) is 11.6 Å². The summed E-state index contributed by atoms with van der Waals surface area (Å²) < 4.78 is 13.5. The minimum atomic E-state index is -0.156. The molecule has 1 fully saturated rings. The van der Waals surface area contributed by atoms with E-state index >= 15 is 0 Å². The summed E-state index contributed by atoms with van der Waals surface area (Å²) in [7, 11) is 4.24. The highest BCUT2D eigenvalue weighted by atomic mass is 19.1. The normalized spacial score (nSPS) is 28.6. The van der Waals surface area contributed by atoms with Crippen LogP contribution in [0.4, 0.5) is 4.39 Å². The Hall–Kier alpha value is -0.930. The molecule has 3 atom stereocenters. The lowest BCUT2D eigenvalue weighted by molar-refractivity contribution is 0.0499. The van der Waals surface area contributed by atoms with Crippen LogP contribution in [-0.4, -0.2) is 24.5 Å². The summed E-state index contributed by atoms with van der Waals surface area (Å²) in [6.45, 7) is 4.11. The number of halogens is 1. The summed E-state index contributed by atoms with van der Waals surface area (Å²) >= 11 is 0. The minimum Gasteiger partial charge on any atom is -0.322 e. The van der Waals surface area contributed by atoms with E-state index in [9.17, 15) is 4.39 Å². The SMILES string of the molecule is Cc1cc(C(N)C2(N(C)C)CCCC(C)C2)ccc1F. The second kappa shape index (κ2) is 5.82. The number of hydrogen-bond acceptors (Lipinski definition) is 2. The second-order valence-corrected chi connectivity index (χ2v) is 6.69. The number of rotatable bonds is 3. The molecule has 0 aromatic heterocycles. The van der Waals surface area contributed by atoms with E-state index in [-0.39, 0.29) is 17.4 Å². The molecule has 0 aliphatic heterocycles.